The van der Waals surface area contributed by atoms with Crippen LogP contribution in [0.1, 0.15) is 11.0 Å². The van der Waals surface area contributed by atoms with Crippen molar-refractivity contribution in [2.45, 2.75) is 6.04 Å². The maximum Gasteiger partial charge on any atom is 0.111 e. The van der Waals surface area contributed by atoms with Crippen molar-refractivity contribution in [3.8, 4) is 11.3 Å². The van der Waals surface area contributed by atoms with Gasteiger partial charge in [-0.05, 0) is 6.07 Å². The zero-order chi connectivity index (χ0) is 12.4. The normalized spacial score (nSPS) is 19.9. The van der Waals surface area contributed by atoms with Gasteiger partial charge in [-0.1, -0.05) is 29.8 Å². The first-order valence-electron chi connectivity index (χ1n) is 5.86. The summed E-state index contributed by atoms with van der Waals surface area (Å²) in [7, 11) is 0. The first-order chi connectivity index (χ1) is 8.84. The maximum atomic E-state index is 6.20. The monoisotopic (exact) mass is 296 g/mol. The molecule has 1 unspecified atom stereocenters. The third-order valence-electron chi connectivity index (χ3n) is 2.89. The van der Waals surface area contributed by atoms with Crippen molar-refractivity contribution < 1.29 is 0 Å². The predicted octanol–water partition coefficient (Wildman–Crippen LogP) is 3.84. The highest BCUT2D eigenvalue weighted by Crippen LogP contribution is 2.31. The van der Waals surface area contributed by atoms with E-state index in [2.05, 4.69) is 10.7 Å². The van der Waals surface area contributed by atoms with Crippen LogP contribution in [0.15, 0.2) is 29.6 Å². The van der Waals surface area contributed by atoms with Gasteiger partial charge in [-0.3, -0.25) is 0 Å². The van der Waals surface area contributed by atoms with Gasteiger partial charge in [0.25, 0.3) is 0 Å². The summed E-state index contributed by atoms with van der Waals surface area (Å²) in [6.45, 7) is 1.07. The molecule has 0 bridgehead atoms. The zero-order valence-electron chi connectivity index (χ0n) is 9.73. The first kappa shape index (κ1) is 12.5. The summed E-state index contributed by atoms with van der Waals surface area (Å²) in [6, 6.07) is 8.26. The van der Waals surface area contributed by atoms with E-state index in [1.807, 2.05) is 36.0 Å². The van der Waals surface area contributed by atoms with E-state index in [1.54, 1.807) is 11.3 Å². The second-order valence-corrected chi connectivity index (χ2v) is 6.58. The van der Waals surface area contributed by atoms with Crippen molar-refractivity contribution in [2.75, 3.05) is 18.1 Å². The molecule has 3 rings (SSSR count). The van der Waals surface area contributed by atoms with Gasteiger partial charge in [0, 0.05) is 34.0 Å². The smallest absolute Gasteiger partial charge is 0.111 e. The van der Waals surface area contributed by atoms with Crippen LogP contribution in [0.3, 0.4) is 0 Å². The number of rotatable bonds is 2. The van der Waals surface area contributed by atoms with Crippen molar-refractivity contribution in [2.24, 2.45) is 0 Å². The van der Waals surface area contributed by atoms with Gasteiger partial charge in [0.2, 0.25) is 0 Å². The number of thioether (sulfide) groups is 1. The summed E-state index contributed by atoms with van der Waals surface area (Å²) in [6.07, 6.45) is 0. The summed E-state index contributed by atoms with van der Waals surface area (Å²) < 4.78 is 0. The van der Waals surface area contributed by atoms with Crippen molar-refractivity contribution in [3.05, 3.63) is 39.7 Å². The van der Waals surface area contributed by atoms with E-state index in [0.717, 1.165) is 33.6 Å². The molecule has 1 saturated heterocycles. The van der Waals surface area contributed by atoms with Gasteiger partial charge < -0.3 is 5.32 Å². The minimum absolute atomic E-state index is 0.394. The van der Waals surface area contributed by atoms with Crippen molar-refractivity contribution in [1.82, 2.24) is 10.3 Å². The van der Waals surface area contributed by atoms with Gasteiger partial charge in [0.15, 0.2) is 0 Å². The van der Waals surface area contributed by atoms with Gasteiger partial charge in [0.05, 0.1) is 11.7 Å². The number of benzene rings is 1. The lowest BCUT2D eigenvalue weighted by Gasteiger charge is -2.20. The van der Waals surface area contributed by atoms with Crippen LogP contribution in [0.2, 0.25) is 5.02 Å². The largest absolute Gasteiger partial charge is 0.306 e. The van der Waals surface area contributed by atoms with Crippen LogP contribution in [0.25, 0.3) is 11.3 Å². The molecular formula is C13H13ClN2S2. The number of thiazole rings is 1. The van der Waals surface area contributed by atoms with Crippen molar-refractivity contribution in [1.29, 1.82) is 0 Å². The number of hydrogen-bond donors (Lipinski definition) is 1. The average Bonchev–Trinajstić information content (AvgIpc) is 2.90. The average molecular weight is 297 g/mol. The quantitative estimate of drug-likeness (QED) is 0.911. The second-order valence-electron chi connectivity index (χ2n) is 4.13. The number of nitrogens with one attached hydrogen (secondary N) is 1. The predicted molar refractivity (Wildman–Crippen MR) is 80.6 cm³/mol. The summed E-state index contributed by atoms with van der Waals surface area (Å²) in [5.41, 5.74) is 2.00. The molecule has 1 aromatic heterocycles. The van der Waals surface area contributed by atoms with Gasteiger partial charge >= 0.3 is 0 Å². The summed E-state index contributed by atoms with van der Waals surface area (Å²) in [5, 5.41) is 7.53. The molecule has 1 fully saturated rings. The molecule has 1 aliphatic rings. The van der Waals surface area contributed by atoms with E-state index in [1.165, 1.54) is 5.75 Å². The molecule has 0 spiro atoms. The van der Waals surface area contributed by atoms with Gasteiger partial charge in [-0.2, -0.15) is 11.8 Å². The molecule has 0 saturated carbocycles. The fraction of sp³-hybridized carbons (Fsp3) is 0.308. The van der Waals surface area contributed by atoms with E-state index in [9.17, 15) is 0 Å². The first-order valence-corrected chi connectivity index (χ1v) is 8.27. The Morgan fingerprint density at radius 3 is 3.00 bits per heavy atom. The summed E-state index contributed by atoms with van der Waals surface area (Å²) in [4.78, 5) is 4.72. The van der Waals surface area contributed by atoms with Crippen molar-refractivity contribution >= 4 is 34.7 Å². The Balaban J connectivity index is 1.87. The van der Waals surface area contributed by atoms with Crippen LogP contribution in [0.5, 0.6) is 0 Å². The second kappa shape index (κ2) is 5.61. The van der Waals surface area contributed by atoms with Crippen LogP contribution >= 0.6 is 34.7 Å². The topological polar surface area (TPSA) is 24.9 Å². The molecule has 0 aliphatic carbocycles. The minimum Gasteiger partial charge on any atom is -0.306 e. The summed E-state index contributed by atoms with van der Waals surface area (Å²) in [5.74, 6) is 2.30. The fourth-order valence-electron chi connectivity index (χ4n) is 1.96. The van der Waals surface area contributed by atoms with Crippen LogP contribution in [-0.2, 0) is 0 Å². The lowest BCUT2D eigenvalue weighted by atomic mass is 10.2. The molecule has 1 atom stereocenters. The lowest BCUT2D eigenvalue weighted by molar-refractivity contribution is 0.592. The highest BCUT2D eigenvalue weighted by Gasteiger charge is 2.19. The van der Waals surface area contributed by atoms with Crippen LogP contribution in [0.4, 0.5) is 0 Å². The molecule has 2 aromatic rings. The third kappa shape index (κ3) is 2.57. The van der Waals surface area contributed by atoms with Gasteiger partial charge in [0.1, 0.15) is 5.01 Å². The highest BCUT2D eigenvalue weighted by molar-refractivity contribution is 7.99. The van der Waals surface area contributed by atoms with E-state index < -0.39 is 0 Å². The van der Waals surface area contributed by atoms with E-state index >= 15 is 0 Å². The number of aromatic nitrogens is 1. The van der Waals surface area contributed by atoms with E-state index in [4.69, 9.17) is 16.6 Å². The molecule has 5 heteroatoms. The molecule has 0 amide bonds. The third-order valence-corrected chi connectivity index (χ3v) is 5.24. The minimum atomic E-state index is 0.394. The molecule has 0 radical (unpaired) electrons. The van der Waals surface area contributed by atoms with Gasteiger partial charge in [-0.25, -0.2) is 4.98 Å². The molecule has 1 aromatic carbocycles. The van der Waals surface area contributed by atoms with Crippen LogP contribution in [-0.4, -0.2) is 23.0 Å². The number of nitrogens with zero attached hydrogens (tertiary/aromatic N) is 1. The molecule has 2 nitrogen and oxygen atoms in total. The highest BCUT2D eigenvalue weighted by atomic mass is 35.5. The molecule has 2 heterocycles. The Hall–Kier alpha value is -0.550. The Bertz CT molecular complexity index is 535. The zero-order valence-corrected chi connectivity index (χ0v) is 12.1. The number of hydrogen-bond acceptors (Lipinski definition) is 4. The van der Waals surface area contributed by atoms with Crippen LogP contribution in [0, 0.1) is 0 Å². The van der Waals surface area contributed by atoms with Crippen LogP contribution < -0.4 is 5.32 Å². The Labute approximate surface area is 120 Å². The Morgan fingerprint density at radius 1 is 1.33 bits per heavy atom. The molecular weight excluding hydrogens is 284 g/mol. The Morgan fingerprint density at radius 2 is 2.22 bits per heavy atom. The fourth-order valence-corrected chi connectivity index (χ4v) is 4.14. The maximum absolute atomic E-state index is 6.20. The Kier molecular flexibility index (Phi) is 3.89. The standard InChI is InChI=1S/C13H13ClN2S2/c14-10-4-2-1-3-9(10)11-8-18-13(16-11)12-7-17-6-5-15-12/h1-4,8,12,15H,5-7H2. The van der Waals surface area contributed by atoms with Crippen molar-refractivity contribution in [3.63, 3.8) is 0 Å². The molecule has 18 heavy (non-hydrogen) atoms. The molecule has 94 valence electrons. The SMILES string of the molecule is Clc1ccccc1-c1csc(C2CSCCN2)n1. The van der Waals surface area contributed by atoms with Gasteiger partial charge in [-0.15, -0.1) is 11.3 Å². The summed E-state index contributed by atoms with van der Waals surface area (Å²) >= 11 is 9.90. The van der Waals surface area contributed by atoms with E-state index in [0.29, 0.717) is 6.04 Å². The number of halogens is 1. The lowest BCUT2D eigenvalue weighted by Crippen LogP contribution is -2.30. The molecule has 1 aliphatic heterocycles. The van der Waals surface area contributed by atoms with E-state index in [-0.39, 0.29) is 0 Å². The molecule has 1 N–H and O–H groups in total.